The van der Waals surface area contributed by atoms with Crippen molar-refractivity contribution < 1.29 is 14.3 Å². The number of aromatic nitrogens is 2. The zero-order valence-electron chi connectivity index (χ0n) is 16.8. The summed E-state index contributed by atoms with van der Waals surface area (Å²) in [5.74, 6) is 0.489. The van der Waals surface area contributed by atoms with Crippen LogP contribution in [0.5, 0.6) is 5.75 Å². The molecule has 0 radical (unpaired) electrons. The summed E-state index contributed by atoms with van der Waals surface area (Å²) < 4.78 is 6.70. The van der Waals surface area contributed by atoms with Crippen LogP contribution in [0.2, 0.25) is 0 Å². The van der Waals surface area contributed by atoms with Gasteiger partial charge in [-0.1, -0.05) is 18.2 Å². The lowest BCUT2D eigenvalue weighted by atomic mass is 10.2. The Bertz CT molecular complexity index is 977. The average Bonchev–Trinajstić information content (AvgIpc) is 3.18. The highest BCUT2D eigenvalue weighted by molar-refractivity contribution is 6.08. The summed E-state index contributed by atoms with van der Waals surface area (Å²) in [4.78, 5) is 27.5. The van der Waals surface area contributed by atoms with E-state index >= 15 is 0 Å². The van der Waals surface area contributed by atoms with E-state index in [1.807, 2.05) is 44.2 Å². The van der Waals surface area contributed by atoms with Gasteiger partial charge in [0.25, 0.3) is 11.8 Å². The van der Waals surface area contributed by atoms with Crippen LogP contribution in [-0.2, 0) is 0 Å². The maximum absolute atomic E-state index is 13.0. The summed E-state index contributed by atoms with van der Waals surface area (Å²) in [6, 6.07) is 16.1. The van der Waals surface area contributed by atoms with Crippen molar-refractivity contribution in [2.24, 2.45) is 0 Å². The number of hydrogen-bond acceptors (Lipinski definition) is 4. The number of anilines is 1. The third-order valence-corrected chi connectivity index (χ3v) is 4.64. The van der Waals surface area contributed by atoms with Gasteiger partial charge in [0, 0.05) is 18.7 Å². The van der Waals surface area contributed by atoms with Gasteiger partial charge < -0.3 is 15.0 Å². The molecule has 0 saturated heterocycles. The van der Waals surface area contributed by atoms with Gasteiger partial charge in [-0.3, -0.25) is 9.59 Å². The molecule has 0 fully saturated rings. The third kappa shape index (κ3) is 4.29. The molecule has 0 aliphatic rings. The van der Waals surface area contributed by atoms with Crippen molar-refractivity contribution in [1.29, 1.82) is 0 Å². The molecule has 0 unspecified atom stereocenters. The van der Waals surface area contributed by atoms with E-state index in [1.54, 1.807) is 41.0 Å². The van der Waals surface area contributed by atoms with Crippen molar-refractivity contribution in [2.75, 3.05) is 25.5 Å². The number of amides is 2. The Labute approximate surface area is 169 Å². The molecule has 3 rings (SSSR count). The molecule has 7 heteroatoms. The van der Waals surface area contributed by atoms with Crippen molar-refractivity contribution in [2.45, 2.75) is 13.8 Å². The van der Waals surface area contributed by atoms with Gasteiger partial charge in [0.05, 0.1) is 19.0 Å². The lowest BCUT2D eigenvalue weighted by Gasteiger charge is -2.19. The second-order valence-corrected chi connectivity index (χ2v) is 6.31. The summed E-state index contributed by atoms with van der Waals surface area (Å²) in [6.07, 6.45) is 1.50. The van der Waals surface area contributed by atoms with E-state index in [0.29, 0.717) is 35.8 Å². The molecule has 0 atom stereocenters. The van der Waals surface area contributed by atoms with Crippen LogP contribution < -0.4 is 10.1 Å². The fourth-order valence-corrected chi connectivity index (χ4v) is 2.99. The Morgan fingerprint density at radius 3 is 2.28 bits per heavy atom. The predicted octanol–water partition coefficient (Wildman–Crippen LogP) is 3.62. The van der Waals surface area contributed by atoms with Gasteiger partial charge in [-0.25, -0.2) is 4.68 Å². The number of hydrogen-bond donors (Lipinski definition) is 1. The molecule has 0 bridgehead atoms. The van der Waals surface area contributed by atoms with E-state index < -0.39 is 0 Å². The monoisotopic (exact) mass is 392 g/mol. The van der Waals surface area contributed by atoms with Crippen LogP contribution in [0, 0.1) is 0 Å². The van der Waals surface area contributed by atoms with Gasteiger partial charge in [-0.05, 0) is 50.2 Å². The minimum absolute atomic E-state index is 0.179. The second kappa shape index (κ2) is 9.05. The number of nitrogens with zero attached hydrogens (tertiary/aromatic N) is 3. The van der Waals surface area contributed by atoms with Gasteiger partial charge in [-0.15, -0.1) is 0 Å². The normalized spacial score (nSPS) is 10.4. The first-order chi connectivity index (χ1) is 14.1. The molecule has 7 nitrogen and oxygen atoms in total. The minimum atomic E-state index is -0.334. The Kier molecular flexibility index (Phi) is 6.29. The van der Waals surface area contributed by atoms with Crippen molar-refractivity contribution in [3.8, 4) is 11.4 Å². The highest BCUT2D eigenvalue weighted by atomic mass is 16.5. The van der Waals surface area contributed by atoms with Gasteiger partial charge >= 0.3 is 0 Å². The van der Waals surface area contributed by atoms with Crippen LogP contribution in [0.4, 0.5) is 5.82 Å². The quantitative estimate of drug-likeness (QED) is 0.666. The van der Waals surface area contributed by atoms with Crippen molar-refractivity contribution in [1.82, 2.24) is 14.7 Å². The van der Waals surface area contributed by atoms with Crippen LogP contribution in [-0.4, -0.2) is 46.7 Å². The Morgan fingerprint density at radius 2 is 1.69 bits per heavy atom. The smallest absolute Gasteiger partial charge is 0.259 e. The number of rotatable bonds is 7. The molecule has 150 valence electrons. The Balaban J connectivity index is 2.00. The number of methoxy groups -OCH3 is 1. The number of ether oxygens (including phenoxy) is 1. The van der Waals surface area contributed by atoms with Crippen LogP contribution >= 0.6 is 0 Å². The number of para-hydroxylation sites is 1. The molecule has 0 aliphatic heterocycles. The molecular formula is C22H24N4O3. The van der Waals surface area contributed by atoms with Crippen molar-refractivity contribution in [3.63, 3.8) is 0 Å². The van der Waals surface area contributed by atoms with E-state index in [2.05, 4.69) is 10.4 Å². The first-order valence-electron chi connectivity index (χ1n) is 9.47. The highest BCUT2D eigenvalue weighted by Gasteiger charge is 2.23. The lowest BCUT2D eigenvalue weighted by molar-refractivity contribution is 0.0774. The molecule has 1 heterocycles. The topological polar surface area (TPSA) is 76.5 Å². The molecule has 3 aromatic rings. The summed E-state index contributed by atoms with van der Waals surface area (Å²) in [5, 5.41) is 7.24. The van der Waals surface area contributed by atoms with E-state index in [9.17, 15) is 9.59 Å². The number of benzene rings is 2. The number of carbonyl (C=O) groups is 2. The first kappa shape index (κ1) is 20.1. The van der Waals surface area contributed by atoms with E-state index in [-0.39, 0.29) is 11.8 Å². The summed E-state index contributed by atoms with van der Waals surface area (Å²) in [5.41, 5.74) is 1.54. The maximum atomic E-state index is 13.0. The van der Waals surface area contributed by atoms with Gasteiger partial charge in [0.2, 0.25) is 0 Å². The zero-order valence-corrected chi connectivity index (χ0v) is 16.8. The van der Waals surface area contributed by atoms with E-state index in [0.717, 1.165) is 5.69 Å². The SMILES string of the molecule is CCN(CC)C(=O)c1cnn(-c2ccccc2)c1NC(=O)c1ccc(OC)cc1. The summed E-state index contributed by atoms with van der Waals surface area (Å²) in [7, 11) is 1.57. The molecule has 0 saturated carbocycles. The molecule has 1 aromatic heterocycles. The van der Waals surface area contributed by atoms with Crippen LogP contribution in [0.1, 0.15) is 34.6 Å². The largest absolute Gasteiger partial charge is 0.497 e. The van der Waals surface area contributed by atoms with Crippen molar-refractivity contribution >= 4 is 17.6 Å². The maximum Gasteiger partial charge on any atom is 0.259 e. The van der Waals surface area contributed by atoms with Gasteiger partial charge in [0.1, 0.15) is 17.1 Å². The molecule has 1 N–H and O–H groups in total. The molecule has 2 amide bonds. The van der Waals surface area contributed by atoms with E-state index in [1.165, 1.54) is 6.20 Å². The fourth-order valence-electron chi connectivity index (χ4n) is 2.99. The standard InChI is InChI=1S/C22H24N4O3/c1-4-25(5-2)22(28)19-15-23-26(17-9-7-6-8-10-17)20(19)24-21(27)16-11-13-18(29-3)14-12-16/h6-15H,4-5H2,1-3H3,(H,24,27). The number of carbonyl (C=O) groups excluding carboxylic acids is 2. The third-order valence-electron chi connectivity index (χ3n) is 4.64. The molecule has 29 heavy (non-hydrogen) atoms. The molecule has 2 aromatic carbocycles. The van der Waals surface area contributed by atoms with Crippen LogP contribution in [0.25, 0.3) is 5.69 Å². The number of nitrogens with one attached hydrogen (secondary N) is 1. The summed E-state index contributed by atoms with van der Waals surface area (Å²) >= 11 is 0. The predicted molar refractivity (Wildman–Crippen MR) is 112 cm³/mol. The van der Waals surface area contributed by atoms with Crippen LogP contribution in [0.15, 0.2) is 60.8 Å². The fraction of sp³-hybridized carbons (Fsp3) is 0.227. The second-order valence-electron chi connectivity index (χ2n) is 6.31. The first-order valence-corrected chi connectivity index (χ1v) is 9.47. The minimum Gasteiger partial charge on any atom is -0.497 e. The average molecular weight is 392 g/mol. The van der Waals surface area contributed by atoms with Crippen LogP contribution in [0.3, 0.4) is 0 Å². The van der Waals surface area contributed by atoms with Crippen molar-refractivity contribution in [3.05, 3.63) is 71.9 Å². The molecule has 0 aliphatic carbocycles. The Hall–Kier alpha value is -3.61. The van der Waals surface area contributed by atoms with Gasteiger partial charge in [0.15, 0.2) is 0 Å². The zero-order chi connectivity index (χ0) is 20.8. The van der Waals surface area contributed by atoms with Gasteiger partial charge in [-0.2, -0.15) is 5.10 Å². The molecule has 0 spiro atoms. The Morgan fingerprint density at radius 1 is 1.03 bits per heavy atom. The highest BCUT2D eigenvalue weighted by Crippen LogP contribution is 2.23. The summed E-state index contributed by atoms with van der Waals surface area (Å²) in [6.45, 7) is 4.96. The van der Waals surface area contributed by atoms with E-state index in [4.69, 9.17) is 4.74 Å². The lowest BCUT2D eigenvalue weighted by Crippen LogP contribution is -2.31. The molecular weight excluding hydrogens is 368 g/mol.